The van der Waals surface area contributed by atoms with Gasteiger partial charge in [-0.1, -0.05) is 19.9 Å². The minimum atomic E-state index is -3.97. The molecule has 41 heavy (non-hydrogen) atoms. The number of carbonyl (C=O) groups excluding carboxylic acids is 4. The smallest absolute Gasteiger partial charge is 0.474 e. The molecule has 0 bridgehead atoms. The number of ether oxygens (including phenoxy) is 1. The molecule has 1 aromatic carbocycles. The van der Waals surface area contributed by atoms with Crippen LogP contribution in [-0.2, 0) is 32.5 Å². The first-order valence-electron chi connectivity index (χ1n) is 13.5. The first-order chi connectivity index (χ1) is 19.5. The molecule has 2 heterocycles. The lowest BCUT2D eigenvalue weighted by atomic mass is 9.95. The zero-order chi connectivity index (χ0) is 30.2. The van der Waals surface area contributed by atoms with Crippen LogP contribution in [0.15, 0.2) is 24.3 Å². The molecule has 0 saturated carbocycles. The van der Waals surface area contributed by atoms with Gasteiger partial charge in [-0.2, -0.15) is 0 Å². The van der Waals surface area contributed by atoms with Crippen molar-refractivity contribution in [1.29, 1.82) is 0 Å². The summed E-state index contributed by atoms with van der Waals surface area (Å²) in [5.41, 5.74) is 0.932. The third-order valence-electron chi connectivity index (χ3n) is 6.68. The first kappa shape index (κ1) is 32.3. The van der Waals surface area contributed by atoms with E-state index in [2.05, 4.69) is 20.9 Å². The van der Waals surface area contributed by atoms with Crippen LogP contribution in [0.25, 0.3) is 10.9 Å². The lowest BCUT2D eigenvalue weighted by Crippen LogP contribution is -2.53. The van der Waals surface area contributed by atoms with Gasteiger partial charge in [-0.15, -0.1) is 0 Å². The van der Waals surface area contributed by atoms with Crippen molar-refractivity contribution in [2.75, 3.05) is 34.0 Å². The third kappa shape index (κ3) is 8.62. The van der Waals surface area contributed by atoms with Crippen LogP contribution in [-0.4, -0.2) is 74.6 Å². The number of hydrogen-bond acceptors (Lipinski definition) is 9. The van der Waals surface area contributed by atoms with Crippen molar-refractivity contribution in [1.82, 2.24) is 20.9 Å². The van der Waals surface area contributed by atoms with Crippen molar-refractivity contribution >= 4 is 42.2 Å². The highest BCUT2D eigenvalue weighted by molar-refractivity contribution is 7.48. The summed E-state index contributed by atoms with van der Waals surface area (Å²) in [6, 6.07) is 4.88. The number of H-pyrrole nitrogens is 1. The van der Waals surface area contributed by atoms with Gasteiger partial charge in [0.2, 0.25) is 11.8 Å². The summed E-state index contributed by atoms with van der Waals surface area (Å²) in [6.45, 7) is 5.20. The number of benzene rings is 1. The van der Waals surface area contributed by atoms with E-state index in [1.807, 2.05) is 13.8 Å². The van der Waals surface area contributed by atoms with Gasteiger partial charge in [-0.25, -0.2) is 4.57 Å². The van der Waals surface area contributed by atoms with E-state index in [-0.39, 0.29) is 37.0 Å². The fourth-order valence-electron chi connectivity index (χ4n) is 4.61. The fraction of sp³-hybridized carbons (Fsp3) is 0.556. The van der Waals surface area contributed by atoms with Crippen molar-refractivity contribution in [2.45, 2.75) is 52.1 Å². The second kappa shape index (κ2) is 14.6. The SMILES string of the molecule is CCOP(=O)(OC)OCC(=O)[C@H](C[C@@H]1CCNC1=O)NC(=O)[C@H](CC(C)C)NC(=O)c1cc2c(OC)cccc2[nH]1. The predicted octanol–water partition coefficient (Wildman–Crippen LogP) is 2.71. The van der Waals surface area contributed by atoms with Gasteiger partial charge in [0.15, 0.2) is 5.78 Å². The molecular weight excluding hydrogens is 555 g/mol. The van der Waals surface area contributed by atoms with E-state index < -0.39 is 50.0 Å². The zero-order valence-electron chi connectivity index (χ0n) is 24.0. The summed E-state index contributed by atoms with van der Waals surface area (Å²) in [6.07, 6.45) is 0.784. The van der Waals surface area contributed by atoms with Crippen molar-refractivity contribution in [3.8, 4) is 5.75 Å². The molecular formula is C27H39N4O9P. The van der Waals surface area contributed by atoms with Crippen molar-refractivity contribution in [3.05, 3.63) is 30.0 Å². The van der Waals surface area contributed by atoms with Gasteiger partial charge in [0.1, 0.15) is 24.1 Å². The maximum Gasteiger partial charge on any atom is 0.474 e. The second-order valence-electron chi connectivity index (χ2n) is 10.1. The molecule has 4 atom stereocenters. The molecule has 0 radical (unpaired) electrons. The molecule has 4 N–H and O–H groups in total. The van der Waals surface area contributed by atoms with E-state index in [0.717, 1.165) is 7.11 Å². The molecule has 2 aromatic rings. The van der Waals surface area contributed by atoms with Gasteiger partial charge < -0.3 is 25.7 Å². The monoisotopic (exact) mass is 594 g/mol. The standard InChI is InChI=1S/C27H39N4O9P/c1-6-39-41(36,38-5)40-15-23(32)20(13-17-10-11-28-25(17)33)30-26(34)21(12-16(2)3)31-27(35)22-14-18-19(29-22)8-7-9-24(18)37-4/h7-9,14,16-17,20-21,29H,6,10-13,15H2,1-5H3,(H,28,33)(H,30,34)(H,31,35)/t17-,20-,21-,41?/m0/s1. The Morgan fingerprint density at radius 1 is 1.12 bits per heavy atom. The Balaban J connectivity index is 1.78. The molecule has 14 heteroatoms. The topological polar surface area (TPSA) is 174 Å². The van der Waals surface area contributed by atoms with E-state index in [9.17, 15) is 23.7 Å². The number of aromatic amines is 1. The number of aromatic nitrogens is 1. The van der Waals surface area contributed by atoms with Crippen molar-refractivity contribution in [3.63, 3.8) is 0 Å². The number of hydrogen-bond donors (Lipinski definition) is 4. The summed E-state index contributed by atoms with van der Waals surface area (Å²) < 4.78 is 32.8. The number of Topliss-reactive ketones (excluding diaryl/α,β-unsaturated/α-hetero) is 1. The molecule has 1 fully saturated rings. The minimum absolute atomic E-state index is 0.00976. The number of rotatable bonds is 16. The molecule has 0 spiro atoms. The average molecular weight is 595 g/mol. The lowest BCUT2D eigenvalue weighted by molar-refractivity contribution is -0.131. The van der Waals surface area contributed by atoms with Gasteiger partial charge in [0.05, 0.1) is 19.8 Å². The number of methoxy groups -OCH3 is 1. The number of nitrogens with one attached hydrogen (secondary N) is 4. The van der Waals surface area contributed by atoms with Crippen LogP contribution < -0.4 is 20.7 Å². The molecule has 3 amide bonds. The molecule has 226 valence electrons. The molecule has 13 nitrogen and oxygen atoms in total. The van der Waals surface area contributed by atoms with Crippen LogP contribution in [0.1, 0.15) is 50.5 Å². The molecule has 1 saturated heterocycles. The Labute approximate surface area is 239 Å². The normalized spacial score (nSPS) is 18.0. The number of amides is 3. The number of phosphoric ester groups is 1. The van der Waals surface area contributed by atoms with Gasteiger partial charge in [-0.05, 0) is 50.3 Å². The van der Waals surface area contributed by atoms with E-state index in [4.69, 9.17) is 18.3 Å². The molecule has 3 rings (SSSR count). The Bertz CT molecular complexity index is 1290. The number of ketones is 1. The quantitative estimate of drug-likeness (QED) is 0.213. The second-order valence-corrected chi connectivity index (χ2v) is 11.9. The number of fused-ring (bicyclic) bond motifs is 1. The van der Waals surface area contributed by atoms with E-state index >= 15 is 0 Å². The predicted molar refractivity (Wildman–Crippen MR) is 150 cm³/mol. The fourth-order valence-corrected chi connectivity index (χ4v) is 5.50. The third-order valence-corrected chi connectivity index (χ3v) is 8.15. The van der Waals surface area contributed by atoms with Crippen molar-refractivity contribution in [2.24, 2.45) is 11.8 Å². The molecule has 1 aromatic heterocycles. The summed E-state index contributed by atoms with van der Waals surface area (Å²) in [5.74, 6) is -1.85. The average Bonchev–Trinajstić information content (AvgIpc) is 3.56. The van der Waals surface area contributed by atoms with Crippen LogP contribution in [0.2, 0.25) is 0 Å². The Morgan fingerprint density at radius 2 is 1.88 bits per heavy atom. The largest absolute Gasteiger partial charge is 0.496 e. The van der Waals surface area contributed by atoms with E-state index in [0.29, 0.717) is 29.6 Å². The highest BCUT2D eigenvalue weighted by atomic mass is 31.2. The van der Waals surface area contributed by atoms with Gasteiger partial charge in [0, 0.05) is 30.5 Å². The lowest BCUT2D eigenvalue weighted by Gasteiger charge is -2.25. The highest BCUT2D eigenvalue weighted by Gasteiger charge is 2.35. The molecule has 0 aliphatic carbocycles. The first-order valence-corrected chi connectivity index (χ1v) is 15.0. The molecule has 1 unspecified atom stereocenters. The Hall–Kier alpha value is -3.25. The summed E-state index contributed by atoms with van der Waals surface area (Å²) in [5, 5.41) is 8.88. The van der Waals surface area contributed by atoms with E-state index in [1.165, 1.54) is 7.11 Å². The number of carbonyl (C=O) groups is 4. The van der Waals surface area contributed by atoms with Crippen molar-refractivity contribution < 1.29 is 42.1 Å². The summed E-state index contributed by atoms with van der Waals surface area (Å²) >= 11 is 0. The van der Waals surface area contributed by atoms with Crippen LogP contribution >= 0.6 is 7.82 Å². The van der Waals surface area contributed by atoms with Crippen LogP contribution in [0.4, 0.5) is 0 Å². The maximum absolute atomic E-state index is 13.5. The number of phosphoric acid groups is 1. The van der Waals surface area contributed by atoms with Gasteiger partial charge in [0.25, 0.3) is 5.91 Å². The zero-order valence-corrected chi connectivity index (χ0v) is 24.9. The van der Waals surface area contributed by atoms with E-state index in [1.54, 1.807) is 31.2 Å². The summed E-state index contributed by atoms with van der Waals surface area (Å²) in [7, 11) is -1.30. The Morgan fingerprint density at radius 3 is 2.49 bits per heavy atom. The van der Waals surface area contributed by atoms with Gasteiger partial charge >= 0.3 is 7.82 Å². The summed E-state index contributed by atoms with van der Waals surface area (Å²) in [4.78, 5) is 55.2. The molecule has 1 aliphatic rings. The van der Waals surface area contributed by atoms with Gasteiger partial charge in [-0.3, -0.25) is 32.7 Å². The van der Waals surface area contributed by atoms with Crippen LogP contribution in [0, 0.1) is 11.8 Å². The Kier molecular flexibility index (Phi) is 11.5. The highest BCUT2D eigenvalue weighted by Crippen LogP contribution is 2.48. The maximum atomic E-state index is 13.5. The molecule has 1 aliphatic heterocycles. The minimum Gasteiger partial charge on any atom is -0.496 e. The van der Waals surface area contributed by atoms with Crippen LogP contribution in [0.5, 0.6) is 5.75 Å². The van der Waals surface area contributed by atoms with Crippen LogP contribution in [0.3, 0.4) is 0 Å².